The largest absolute Gasteiger partial charge is 0.455 e. The molecule has 0 bridgehead atoms. The van der Waals surface area contributed by atoms with Crippen LogP contribution in [0.15, 0.2) is 4.42 Å². The SMILES string of the molecule is CONC(=O)c1oc2c(c1C)C(=O)CC(C)(C)C2. The minimum Gasteiger partial charge on any atom is -0.455 e. The Kier molecular flexibility index (Phi) is 3.02. The van der Waals surface area contributed by atoms with Gasteiger partial charge in [0.1, 0.15) is 5.76 Å². The van der Waals surface area contributed by atoms with Crippen molar-refractivity contribution in [3.05, 3.63) is 22.6 Å². The molecule has 1 N–H and O–H groups in total. The third-order valence-corrected chi connectivity index (χ3v) is 3.18. The minimum atomic E-state index is -0.463. The fourth-order valence-corrected chi connectivity index (χ4v) is 2.44. The fourth-order valence-electron chi connectivity index (χ4n) is 2.44. The number of Topliss-reactive ketones (excluding diaryl/α,β-unsaturated/α-hetero) is 1. The Morgan fingerprint density at radius 2 is 2.06 bits per heavy atom. The number of rotatable bonds is 2. The molecular weight excluding hydrogens is 234 g/mol. The number of furan rings is 1. The van der Waals surface area contributed by atoms with Crippen LogP contribution in [0.2, 0.25) is 0 Å². The topological polar surface area (TPSA) is 68.5 Å². The molecule has 0 saturated carbocycles. The second-order valence-electron chi connectivity index (χ2n) is 5.43. The van der Waals surface area contributed by atoms with Crippen LogP contribution in [-0.2, 0) is 11.3 Å². The van der Waals surface area contributed by atoms with Crippen LogP contribution in [0.4, 0.5) is 0 Å². The smallest absolute Gasteiger partial charge is 0.310 e. The molecule has 0 atom stereocenters. The van der Waals surface area contributed by atoms with E-state index in [0.29, 0.717) is 29.7 Å². The summed E-state index contributed by atoms with van der Waals surface area (Å²) in [5.74, 6) is 0.344. The third kappa shape index (κ3) is 2.06. The van der Waals surface area contributed by atoms with E-state index in [1.54, 1.807) is 6.92 Å². The molecule has 2 rings (SSSR count). The lowest BCUT2D eigenvalue weighted by Crippen LogP contribution is -2.26. The average Bonchev–Trinajstić information content (AvgIpc) is 2.54. The molecule has 0 aliphatic heterocycles. The fraction of sp³-hybridized carbons (Fsp3) is 0.538. The number of nitrogens with one attached hydrogen (secondary N) is 1. The van der Waals surface area contributed by atoms with E-state index in [1.807, 2.05) is 13.8 Å². The maximum Gasteiger partial charge on any atom is 0.310 e. The van der Waals surface area contributed by atoms with Crippen LogP contribution >= 0.6 is 0 Å². The Balaban J connectivity index is 2.45. The molecule has 18 heavy (non-hydrogen) atoms. The molecule has 0 aromatic carbocycles. The summed E-state index contributed by atoms with van der Waals surface area (Å²) in [6, 6.07) is 0. The Labute approximate surface area is 105 Å². The van der Waals surface area contributed by atoms with Gasteiger partial charge in [-0.3, -0.25) is 14.4 Å². The monoisotopic (exact) mass is 251 g/mol. The van der Waals surface area contributed by atoms with Gasteiger partial charge >= 0.3 is 5.91 Å². The van der Waals surface area contributed by atoms with Crippen molar-refractivity contribution in [2.75, 3.05) is 7.11 Å². The van der Waals surface area contributed by atoms with Crippen molar-refractivity contribution in [3.8, 4) is 0 Å². The molecule has 1 aromatic heterocycles. The lowest BCUT2D eigenvalue weighted by molar-refractivity contribution is 0.0506. The molecule has 0 unspecified atom stereocenters. The summed E-state index contributed by atoms with van der Waals surface area (Å²) in [5, 5.41) is 0. The summed E-state index contributed by atoms with van der Waals surface area (Å²) in [6.07, 6.45) is 1.14. The predicted octanol–water partition coefficient (Wildman–Crippen LogP) is 2.03. The van der Waals surface area contributed by atoms with Gasteiger partial charge in [0.25, 0.3) is 0 Å². The third-order valence-electron chi connectivity index (χ3n) is 3.18. The molecule has 98 valence electrons. The molecule has 0 saturated heterocycles. The summed E-state index contributed by atoms with van der Waals surface area (Å²) < 4.78 is 5.54. The van der Waals surface area contributed by atoms with E-state index in [1.165, 1.54) is 7.11 Å². The van der Waals surface area contributed by atoms with Gasteiger partial charge in [-0.25, -0.2) is 5.48 Å². The van der Waals surface area contributed by atoms with Gasteiger partial charge in [0.2, 0.25) is 0 Å². The van der Waals surface area contributed by atoms with Gasteiger partial charge in [0.15, 0.2) is 11.5 Å². The molecule has 1 aliphatic carbocycles. The molecule has 5 nitrogen and oxygen atoms in total. The van der Waals surface area contributed by atoms with Crippen molar-refractivity contribution in [1.82, 2.24) is 5.48 Å². The maximum absolute atomic E-state index is 12.1. The zero-order valence-corrected chi connectivity index (χ0v) is 11.0. The lowest BCUT2D eigenvalue weighted by Gasteiger charge is -2.27. The number of carbonyl (C=O) groups excluding carboxylic acids is 2. The minimum absolute atomic E-state index is 0.0407. The van der Waals surface area contributed by atoms with Crippen LogP contribution in [-0.4, -0.2) is 18.8 Å². The van der Waals surface area contributed by atoms with Crippen LogP contribution in [0.3, 0.4) is 0 Å². The first kappa shape index (κ1) is 12.8. The number of hydroxylamine groups is 1. The predicted molar refractivity (Wildman–Crippen MR) is 64.4 cm³/mol. The second-order valence-corrected chi connectivity index (χ2v) is 5.43. The van der Waals surface area contributed by atoms with Crippen molar-refractivity contribution < 1.29 is 18.8 Å². The van der Waals surface area contributed by atoms with E-state index < -0.39 is 5.91 Å². The first-order chi connectivity index (χ1) is 8.35. The van der Waals surface area contributed by atoms with E-state index >= 15 is 0 Å². The number of amides is 1. The Morgan fingerprint density at radius 1 is 1.39 bits per heavy atom. The molecule has 1 heterocycles. The summed E-state index contributed by atoms with van der Waals surface area (Å²) >= 11 is 0. The van der Waals surface area contributed by atoms with E-state index in [4.69, 9.17) is 4.42 Å². The van der Waals surface area contributed by atoms with Crippen molar-refractivity contribution in [2.24, 2.45) is 5.41 Å². The van der Waals surface area contributed by atoms with Gasteiger partial charge < -0.3 is 4.42 Å². The van der Waals surface area contributed by atoms with Gasteiger partial charge in [-0.05, 0) is 12.3 Å². The molecule has 1 aromatic rings. The average molecular weight is 251 g/mol. The van der Waals surface area contributed by atoms with Crippen molar-refractivity contribution >= 4 is 11.7 Å². The Hall–Kier alpha value is -1.62. The Bertz CT molecular complexity index is 513. The summed E-state index contributed by atoms with van der Waals surface area (Å²) in [5.41, 5.74) is 3.24. The van der Waals surface area contributed by atoms with E-state index in [-0.39, 0.29) is 17.0 Å². The standard InChI is InChI=1S/C13H17NO4/c1-7-10-8(15)5-13(2,3)6-9(10)18-11(7)12(16)14-17-4/h5-6H2,1-4H3,(H,14,16). The van der Waals surface area contributed by atoms with Crippen molar-refractivity contribution in [2.45, 2.75) is 33.6 Å². The summed E-state index contributed by atoms with van der Waals surface area (Å²) in [4.78, 5) is 28.4. The van der Waals surface area contributed by atoms with Crippen molar-refractivity contribution in [3.63, 3.8) is 0 Å². The number of fused-ring (bicyclic) bond motifs is 1. The quantitative estimate of drug-likeness (QED) is 0.817. The summed E-state index contributed by atoms with van der Waals surface area (Å²) in [7, 11) is 1.35. The normalized spacial score (nSPS) is 17.4. The zero-order chi connectivity index (χ0) is 13.5. The van der Waals surface area contributed by atoms with Crippen LogP contribution < -0.4 is 5.48 Å². The number of carbonyl (C=O) groups is 2. The summed E-state index contributed by atoms with van der Waals surface area (Å²) in [6.45, 7) is 5.75. The van der Waals surface area contributed by atoms with E-state index in [2.05, 4.69) is 10.3 Å². The van der Waals surface area contributed by atoms with Crippen molar-refractivity contribution in [1.29, 1.82) is 0 Å². The van der Waals surface area contributed by atoms with Crippen LogP contribution in [0.25, 0.3) is 0 Å². The van der Waals surface area contributed by atoms with Gasteiger partial charge in [0.05, 0.1) is 12.7 Å². The van der Waals surface area contributed by atoms with Gasteiger partial charge in [-0.2, -0.15) is 0 Å². The molecule has 0 fully saturated rings. The Morgan fingerprint density at radius 3 is 2.67 bits per heavy atom. The molecular formula is C13H17NO4. The van der Waals surface area contributed by atoms with E-state index in [0.717, 1.165) is 0 Å². The molecule has 0 radical (unpaired) electrons. The van der Waals surface area contributed by atoms with E-state index in [9.17, 15) is 9.59 Å². The number of hydrogen-bond acceptors (Lipinski definition) is 4. The van der Waals surface area contributed by atoms with Crippen LogP contribution in [0, 0.1) is 12.3 Å². The highest BCUT2D eigenvalue weighted by Crippen LogP contribution is 2.38. The highest BCUT2D eigenvalue weighted by atomic mass is 16.6. The van der Waals surface area contributed by atoms with Gasteiger partial charge in [0, 0.05) is 18.4 Å². The maximum atomic E-state index is 12.1. The van der Waals surface area contributed by atoms with Crippen LogP contribution in [0.1, 0.15) is 52.5 Å². The molecule has 1 aliphatic rings. The van der Waals surface area contributed by atoms with Crippen LogP contribution in [0.5, 0.6) is 0 Å². The molecule has 1 amide bonds. The molecule has 5 heteroatoms. The van der Waals surface area contributed by atoms with Gasteiger partial charge in [-0.1, -0.05) is 13.8 Å². The molecule has 0 spiro atoms. The zero-order valence-electron chi connectivity index (χ0n) is 11.0. The first-order valence-corrected chi connectivity index (χ1v) is 5.84. The second kappa shape index (κ2) is 4.24. The number of ketones is 1. The van der Waals surface area contributed by atoms with Gasteiger partial charge in [-0.15, -0.1) is 0 Å². The lowest BCUT2D eigenvalue weighted by atomic mass is 9.76. The number of hydrogen-bond donors (Lipinski definition) is 1. The highest BCUT2D eigenvalue weighted by Gasteiger charge is 2.36. The first-order valence-electron chi connectivity index (χ1n) is 5.84. The highest BCUT2D eigenvalue weighted by molar-refractivity contribution is 6.03.